The van der Waals surface area contributed by atoms with Gasteiger partial charge in [-0.2, -0.15) is 5.10 Å². The van der Waals surface area contributed by atoms with Gasteiger partial charge in [0, 0.05) is 11.1 Å². The van der Waals surface area contributed by atoms with E-state index in [9.17, 15) is 0 Å². The van der Waals surface area contributed by atoms with Gasteiger partial charge in [-0.25, -0.2) is 0 Å². The largest absolute Gasteiger partial charge is 0.375 e. The minimum atomic E-state index is 0.147. The molecule has 4 heteroatoms. The fourth-order valence-corrected chi connectivity index (χ4v) is 2.46. The average Bonchev–Trinajstić information content (AvgIpc) is 2.56. The van der Waals surface area contributed by atoms with E-state index < -0.39 is 0 Å². The van der Waals surface area contributed by atoms with Gasteiger partial charge in [0.05, 0.1) is 5.71 Å². The molecule has 22 heavy (non-hydrogen) atoms. The predicted molar refractivity (Wildman–Crippen MR) is 96.0 cm³/mol. The highest BCUT2D eigenvalue weighted by Crippen LogP contribution is 2.21. The molecular weight excluding hydrogens is 290 g/mol. The van der Waals surface area contributed by atoms with Crippen molar-refractivity contribution in [3.8, 4) is 0 Å². The quantitative estimate of drug-likeness (QED) is 0.443. The van der Waals surface area contributed by atoms with Crippen molar-refractivity contribution in [2.24, 2.45) is 10.8 Å². The maximum atomic E-state index is 5.52. The van der Waals surface area contributed by atoms with E-state index in [1.165, 1.54) is 5.39 Å². The molecule has 0 bridgehead atoms. The van der Waals surface area contributed by atoms with E-state index >= 15 is 0 Å². The molecule has 3 aromatic carbocycles. The van der Waals surface area contributed by atoms with Gasteiger partial charge >= 0.3 is 0 Å². The first-order chi connectivity index (χ1) is 10.8. The minimum Gasteiger partial charge on any atom is -0.375 e. The average molecular weight is 305 g/mol. The second-order valence-corrected chi connectivity index (χ2v) is 5.27. The summed E-state index contributed by atoms with van der Waals surface area (Å²) >= 11 is 4.87. The van der Waals surface area contributed by atoms with E-state index in [1.54, 1.807) is 0 Å². The number of benzene rings is 3. The number of nitrogens with two attached hydrogens (primary N) is 1. The number of hydrazone groups is 1. The van der Waals surface area contributed by atoms with Crippen LogP contribution in [0.2, 0.25) is 0 Å². The Morgan fingerprint density at radius 2 is 1.55 bits per heavy atom. The van der Waals surface area contributed by atoms with Crippen molar-refractivity contribution in [1.29, 1.82) is 0 Å². The Hall–Kier alpha value is -2.72. The molecule has 0 aliphatic heterocycles. The van der Waals surface area contributed by atoms with Crippen molar-refractivity contribution in [3.05, 3.63) is 83.9 Å². The van der Waals surface area contributed by atoms with Crippen molar-refractivity contribution in [2.45, 2.75) is 0 Å². The fourth-order valence-electron chi connectivity index (χ4n) is 2.42. The Bertz CT molecular complexity index is 836. The number of hydrogen-bond acceptors (Lipinski definition) is 2. The standard InChI is InChI=1S/C18H15N3S/c19-18(22)21-20-17(14-8-2-1-3-9-14)16-12-6-10-13-7-4-5-11-15(13)16/h1-12H,(H3,19,21,22)/b20-17-. The van der Waals surface area contributed by atoms with Gasteiger partial charge < -0.3 is 5.73 Å². The Kier molecular flexibility index (Phi) is 4.12. The van der Waals surface area contributed by atoms with Crippen molar-refractivity contribution in [1.82, 2.24) is 5.43 Å². The lowest BCUT2D eigenvalue weighted by molar-refractivity contribution is 1.03. The fraction of sp³-hybridized carbons (Fsp3) is 0. The highest BCUT2D eigenvalue weighted by molar-refractivity contribution is 7.80. The summed E-state index contributed by atoms with van der Waals surface area (Å²) in [7, 11) is 0. The monoisotopic (exact) mass is 305 g/mol. The minimum absolute atomic E-state index is 0.147. The highest BCUT2D eigenvalue weighted by atomic mass is 32.1. The molecule has 0 spiro atoms. The Labute approximate surface area is 134 Å². The number of rotatable bonds is 3. The van der Waals surface area contributed by atoms with Crippen LogP contribution < -0.4 is 11.2 Å². The van der Waals surface area contributed by atoms with E-state index in [0.29, 0.717) is 0 Å². The van der Waals surface area contributed by atoms with Crippen LogP contribution in [0.1, 0.15) is 11.1 Å². The number of hydrogen-bond donors (Lipinski definition) is 2. The van der Waals surface area contributed by atoms with Gasteiger partial charge in [0.15, 0.2) is 5.11 Å². The van der Waals surface area contributed by atoms with Gasteiger partial charge in [-0.05, 0) is 23.0 Å². The van der Waals surface area contributed by atoms with Crippen molar-refractivity contribution in [3.63, 3.8) is 0 Å². The van der Waals surface area contributed by atoms with E-state index in [2.05, 4.69) is 34.8 Å². The van der Waals surface area contributed by atoms with Crippen LogP contribution in [0.15, 0.2) is 77.9 Å². The SMILES string of the molecule is NC(=S)N/N=C(/c1ccccc1)c1cccc2ccccc12. The molecule has 0 aliphatic rings. The van der Waals surface area contributed by atoms with Crippen LogP contribution in [0.25, 0.3) is 10.8 Å². The van der Waals surface area contributed by atoms with Gasteiger partial charge in [-0.3, -0.25) is 5.43 Å². The lowest BCUT2D eigenvalue weighted by Crippen LogP contribution is -2.26. The van der Waals surface area contributed by atoms with E-state index in [1.807, 2.05) is 48.5 Å². The molecule has 0 aromatic heterocycles. The summed E-state index contributed by atoms with van der Waals surface area (Å²) < 4.78 is 0. The number of thiocarbonyl (C=S) groups is 1. The zero-order valence-corrected chi connectivity index (χ0v) is 12.7. The summed E-state index contributed by atoms with van der Waals surface area (Å²) in [4.78, 5) is 0. The Morgan fingerprint density at radius 1 is 0.864 bits per heavy atom. The molecule has 0 unspecified atom stereocenters. The van der Waals surface area contributed by atoms with Crippen LogP contribution in [0.3, 0.4) is 0 Å². The third-order valence-corrected chi connectivity index (χ3v) is 3.46. The van der Waals surface area contributed by atoms with E-state index in [0.717, 1.165) is 22.2 Å². The molecule has 0 heterocycles. The number of nitrogens with zero attached hydrogens (tertiary/aromatic N) is 1. The summed E-state index contributed by atoms with van der Waals surface area (Å²) in [5.41, 5.74) is 11.1. The lowest BCUT2D eigenvalue weighted by Gasteiger charge is -2.11. The van der Waals surface area contributed by atoms with Crippen molar-refractivity contribution >= 4 is 33.8 Å². The van der Waals surface area contributed by atoms with Gasteiger partial charge in [0.25, 0.3) is 0 Å². The maximum Gasteiger partial charge on any atom is 0.184 e. The molecule has 0 aliphatic carbocycles. The first kappa shape index (κ1) is 14.2. The molecule has 0 fully saturated rings. The smallest absolute Gasteiger partial charge is 0.184 e. The molecule has 3 nitrogen and oxygen atoms in total. The summed E-state index contributed by atoms with van der Waals surface area (Å²) in [5, 5.41) is 6.86. The summed E-state index contributed by atoms with van der Waals surface area (Å²) in [6.45, 7) is 0. The van der Waals surface area contributed by atoms with Crippen LogP contribution in [0.4, 0.5) is 0 Å². The van der Waals surface area contributed by atoms with Gasteiger partial charge in [-0.1, -0.05) is 72.8 Å². The maximum absolute atomic E-state index is 5.52. The van der Waals surface area contributed by atoms with Crippen LogP contribution in [-0.2, 0) is 0 Å². The molecule has 0 saturated heterocycles. The second-order valence-electron chi connectivity index (χ2n) is 4.83. The normalized spacial score (nSPS) is 11.4. The number of fused-ring (bicyclic) bond motifs is 1. The molecule has 108 valence electrons. The molecule has 3 rings (SSSR count). The lowest BCUT2D eigenvalue weighted by atomic mass is 9.96. The molecule has 0 amide bonds. The molecule has 3 aromatic rings. The van der Waals surface area contributed by atoms with Crippen molar-refractivity contribution < 1.29 is 0 Å². The van der Waals surface area contributed by atoms with Gasteiger partial charge in [0.1, 0.15) is 0 Å². The Balaban J connectivity index is 2.20. The summed E-state index contributed by atoms with van der Waals surface area (Å²) in [6, 6.07) is 24.4. The summed E-state index contributed by atoms with van der Waals surface area (Å²) in [5.74, 6) is 0. The Morgan fingerprint density at radius 3 is 2.32 bits per heavy atom. The zero-order valence-electron chi connectivity index (χ0n) is 11.9. The zero-order chi connectivity index (χ0) is 15.4. The third-order valence-electron chi connectivity index (χ3n) is 3.37. The first-order valence-electron chi connectivity index (χ1n) is 6.92. The van der Waals surface area contributed by atoms with Crippen LogP contribution in [-0.4, -0.2) is 10.8 Å². The van der Waals surface area contributed by atoms with Crippen LogP contribution in [0.5, 0.6) is 0 Å². The molecule has 3 N–H and O–H groups in total. The molecular formula is C18H15N3S. The molecule has 0 saturated carbocycles. The van der Waals surface area contributed by atoms with Gasteiger partial charge in [0.2, 0.25) is 0 Å². The van der Waals surface area contributed by atoms with Gasteiger partial charge in [-0.15, -0.1) is 0 Å². The highest BCUT2D eigenvalue weighted by Gasteiger charge is 2.10. The van der Waals surface area contributed by atoms with Crippen molar-refractivity contribution in [2.75, 3.05) is 0 Å². The summed E-state index contributed by atoms with van der Waals surface area (Å²) in [6.07, 6.45) is 0. The predicted octanol–water partition coefficient (Wildman–Crippen LogP) is 3.43. The molecule has 0 atom stereocenters. The van der Waals surface area contributed by atoms with Crippen LogP contribution in [0, 0.1) is 0 Å². The van der Waals surface area contributed by atoms with Crippen LogP contribution >= 0.6 is 12.2 Å². The first-order valence-corrected chi connectivity index (χ1v) is 7.33. The van der Waals surface area contributed by atoms with E-state index in [-0.39, 0.29) is 5.11 Å². The number of nitrogens with one attached hydrogen (secondary N) is 1. The second kappa shape index (κ2) is 6.37. The van der Waals surface area contributed by atoms with E-state index in [4.69, 9.17) is 18.0 Å². The topological polar surface area (TPSA) is 50.4 Å². The third kappa shape index (κ3) is 2.97. The molecule has 0 radical (unpaired) electrons.